The van der Waals surface area contributed by atoms with Gasteiger partial charge in [0.05, 0.1) is 0 Å². The number of aliphatic carboxylic acids is 1. The molecule has 2 heterocycles. The fourth-order valence-electron chi connectivity index (χ4n) is 3.50. The van der Waals surface area contributed by atoms with E-state index in [1.165, 1.54) is 0 Å². The van der Waals surface area contributed by atoms with E-state index in [1.54, 1.807) is 0 Å². The largest absolute Gasteiger partial charge is 0.481 e. The molecule has 1 aromatic heterocycles. The molecular formula is C18H22N2O3. The number of nitrogens with zero attached hydrogens (tertiary/aromatic N) is 2. The number of carboxylic acids is 1. The predicted octanol–water partition coefficient (Wildman–Crippen LogP) is 3.04. The van der Waals surface area contributed by atoms with E-state index in [1.807, 2.05) is 47.0 Å². The van der Waals surface area contributed by atoms with E-state index < -0.39 is 5.97 Å². The number of hydrogen-bond donors (Lipinski definition) is 1. The number of aryl methyl sites for hydroxylation is 1. The van der Waals surface area contributed by atoms with Gasteiger partial charge in [-0.2, -0.15) is 0 Å². The zero-order valence-corrected chi connectivity index (χ0v) is 13.4. The van der Waals surface area contributed by atoms with Crippen LogP contribution in [0.15, 0.2) is 30.5 Å². The van der Waals surface area contributed by atoms with Crippen molar-refractivity contribution in [3.05, 3.63) is 36.0 Å². The molecule has 23 heavy (non-hydrogen) atoms. The maximum absolute atomic E-state index is 13.0. The molecule has 1 aromatic carbocycles. The molecule has 1 aliphatic heterocycles. The lowest BCUT2D eigenvalue weighted by atomic mass is 9.96. The number of piperidine rings is 1. The Morgan fingerprint density at radius 3 is 2.87 bits per heavy atom. The van der Waals surface area contributed by atoms with Crippen LogP contribution in [0.1, 0.15) is 42.5 Å². The predicted molar refractivity (Wildman–Crippen MR) is 88.5 cm³/mol. The zero-order chi connectivity index (χ0) is 16.4. The Morgan fingerprint density at radius 2 is 2.09 bits per heavy atom. The molecule has 0 saturated carbocycles. The first-order valence-corrected chi connectivity index (χ1v) is 8.14. The van der Waals surface area contributed by atoms with Crippen LogP contribution in [0.3, 0.4) is 0 Å². The number of benzene rings is 1. The minimum Gasteiger partial charge on any atom is -0.481 e. The van der Waals surface area contributed by atoms with Crippen LogP contribution in [0.5, 0.6) is 0 Å². The first-order valence-electron chi connectivity index (χ1n) is 8.14. The number of hydrogen-bond acceptors (Lipinski definition) is 2. The van der Waals surface area contributed by atoms with Gasteiger partial charge in [-0.05, 0) is 43.9 Å². The van der Waals surface area contributed by atoms with Crippen LogP contribution in [0, 0.1) is 0 Å². The number of amides is 1. The Balaban J connectivity index is 1.88. The Kier molecular flexibility index (Phi) is 4.37. The molecule has 3 rings (SSSR count). The van der Waals surface area contributed by atoms with Crippen molar-refractivity contribution in [2.24, 2.45) is 7.05 Å². The van der Waals surface area contributed by atoms with Crippen LogP contribution < -0.4 is 0 Å². The van der Waals surface area contributed by atoms with Gasteiger partial charge in [0.2, 0.25) is 0 Å². The summed E-state index contributed by atoms with van der Waals surface area (Å²) >= 11 is 0. The van der Waals surface area contributed by atoms with E-state index in [2.05, 4.69) is 0 Å². The molecule has 0 bridgehead atoms. The summed E-state index contributed by atoms with van der Waals surface area (Å²) in [7, 11) is 1.97. The lowest BCUT2D eigenvalue weighted by Gasteiger charge is -2.36. The van der Waals surface area contributed by atoms with E-state index in [9.17, 15) is 9.59 Å². The van der Waals surface area contributed by atoms with Crippen molar-refractivity contribution in [3.8, 4) is 0 Å². The highest BCUT2D eigenvalue weighted by atomic mass is 16.4. The zero-order valence-electron chi connectivity index (χ0n) is 13.4. The van der Waals surface area contributed by atoms with Crippen LogP contribution in [0.2, 0.25) is 0 Å². The number of likely N-dealkylation sites (tertiary alicyclic amines) is 1. The van der Waals surface area contributed by atoms with Gasteiger partial charge in [-0.1, -0.05) is 6.07 Å². The third-order valence-corrected chi connectivity index (χ3v) is 4.74. The molecule has 1 fully saturated rings. The van der Waals surface area contributed by atoms with Gasteiger partial charge in [-0.25, -0.2) is 0 Å². The Labute approximate surface area is 135 Å². The van der Waals surface area contributed by atoms with Gasteiger partial charge < -0.3 is 14.6 Å². The minimum atomic E-state index is -0.798. The van der Waals surface area contributed by atoms with E-state index >= 15 is 0 Å². The highest BCUT2D eigenvalue weighted by molar-refractivity contribution is 6.06. The molecule has 0 unspecified atom stereocenters. The topological polar surface area (TPSA) is 62.5 Å². The van der Waals surface area contributed by atoms with E-state index in [4.69, 9.17) is 5.11 Å². The van der Waals surface area contributed by atoms with Crippen molar-refractivity contribution in [1.29, 1.82) is 0 Å². The lowest BCUT2D eigenvalue weighted by Crippen LogP contribution is -2.44. The first kappa shape index (κ1) is 15.6. The van der Waals surface area contributed by atoms with Crippen molar-refractivity contribution < 1.29 is 14.7 Å². The maximum Gasteiger partial charge on any atom is 0.303 e. The van der Waals surface area contributed by atoms with Gasteiger partial charge in [-0.3, -0.25) is 9.59 Å². The first-order chi connectivity index (χ1) is 11.1. The van der Waals surface area contributed by atoms with E-state index in [-0.39, 0.29) is 18.4 Å². The smallest absolute Gasteiger partial charge is 0.303 e. The second-order valence-corrected chi connectivity index (χ2v) is 6.25. The molecule has 122 valence electrons. The maximum atomic E-state index is 13.0. The fourth-order valence-corrected chi connectivity index (χ4v) is 3.50. The number of rotatable bonds is 4. The van der Waals surface area contributed by atoms with Gasteiger partial charge in [0.1, 0.15) is 0 Å². The molecular weight excluding hydrogens is 292 g/mol. The minimum absolute atomic E-state index is 0.0249. The van der Waals surface area contributed by atoms with Crippen molar-refractivity contribution in [2.75, 3.05) is 6.54 Å². The van der Waals surface area contributed by atoms with E-state index in [0.717, 1.165) is 30.2 Å². The molecule has 5 heteroatoms. The average molecular weight is 314 g/mol. The number of fused-ring (bicyclic) bond motifs is 1. The monoisotopic (exact) mass is 314 g/mol. The van der Waals surface area contributed by atoms with Gasteiger partial charge in [0, 0.05) is 48.7 Å². The van der Waals surface area contributed by atoms with Gasteiger partial charge in [0.25, 0.3) is 5.91 Å². The summed E-state index contributed by atoms with van der Waals surface area (Å²) < 4.78 is 2.00. The van der Waals surface area contributed by atoms with Crippen molar-refractivity contribution in [2.45, 2.75) is 38.1 Å². The highest BCUT2D eigenvalue weighted by Gasteiger charge is 2.28. The van der Waals surface area contributed by atoms with Gasteiger partial charge >= 0.3 is 5.97 Å². The van der Waals surface area contributed by atoms with Crippen LogP contribution in [-0.2, 0) is 11.8 Å². The molecule has 0 spiro atoms. The summed E-state index contributed by atoms with van der Waals surface area (Å²) in [6, 6.07) is 7.79. The summed E-state index contributed by atoms with van der Waals surface area (Å²) in [6.45, 7) is 0.715. The fraction of sp³-hybridized carbons (Fsp3) is 0.444. The molecule has 0 radical (unpaired) electrons. The lowest BCUT2D eigenvalue weighted by molar-refractivity contribution is -0.137. The standard InChI is InChI=1S/C18H22N2O3/c1-19-12-10-14-15(6-4-7-16(14)19)18(23)20-11-3-2-5-13(20)8-9-17(21)22/h4,6-7,10,12-13H,2-3,5,8-9,11H2,1H3,(H,21,22)/t13-/m1/s1. The molecule has 1 saturated heterocycles. The average Bonchev–Trinajstić information content (AvgIpc) is 2.94. The molecule has 2 aromatic rings. The Morgan fingerprint density at radius 1 is 1.26 bits per heavy atom. The molecule has 0 aliphatic carbocycles. The van der Waals surface area contributed by atoms with Gasteiger partial charge in [-0.15, -0.1) is 0 Å². The number of carbonyl (C=O) groups excluding carboxylic acids is 1. The molecule has 1 atom stereocenters. The summed E-state index contributed by atoms with van der Waals surface area (Å²) in [5, 5.41) is 9.88. The highest BCUT2D eigenvalue weighted by Crippen LogP contribution is 2.26. The molecule has 1 N–H and O–H groups in total. The second-order valence-electron chi connectivity index (χ2n) is 6.25. The summed E-state index contributed by atoms with van der Waals surface area (Å²) in [4.78, 5) is 25.8. The molecule has 5 nitrogen and oxygen atoms in total. The number of carboxylic acid groups (broad SMARTS) is 1. The third kappa shape index (κ3) is 3.09. The summed E-state index contributed by atoms with van der Waals surface area (Å²) in [6.07, 6.45) is 5.54. The summed E-state index contributed by atoms with van der Waals surface area (Å²) in [5.41, 5.74) is 1.75. The van der Waals surface area contributed by atoms with Crippen LogP contribution in [0.25, 0.3) is 10.9 Å². The van der Waals surface area contributed by atoms with Crippen LogP contribution in [-0.4, -0.2) is 39.0 Å². The van der Waals surface area contributed by atoms with Gasteiger partial charge in [0.15, 0.2) is 0 Å². The van der Waals surface area contributed by atoms with Crippen molar-refractivity contribution >= 4 is 22.8 Å². The van der Waals surface area contributed by atoms with Crippen molar-refractivity contribution in [1.82, 2.24) is 9.47 Å². The number of aromatic nitrogens is 1. The second kappa shape index (κ2) is 6.44. The van der Waals surface area contributed by atoms with Crippen molar-refractivity contribution in [3.63, 3.8) is 0 Å². The van der Waals surface area contributed by atoms with Crippen LogP contribution >= 0.6 is 0 Å². The third-order valence-electron chi connectivity index (χ3n) is 4.74. The summed E-state index contributed by atoms with van der Waals surface area (Å²) in [5.74, 6) is -0.773. The number of carbonyl (C=O) groups is 2. The SMILES string of the molecule is Cn1ccc2c(C(=O)N3CCCC[C@@H]3CCC(=O)O)cccc21. The Hall–Kier alpha value is -2.30. The van der Waals surface area contributed by atoms with Crippen LogP contribution in [0.4, 0.5) is 0 Å². The quantitative estimate of drug-likeness (QED) is 0.943. The normalized spacial score (nSPS) is 18.3. The molecule has 1 amide bonds. The molecule has 1 aliphatic rings. The Bertz CT molecular complexity index is 735. The van der Waals surface area contributed by atoms with E-state index in [0.29, 0.717) is 18.5 Å².